The highest BCUT2D eigenvalue weighted by molar-refractivity contribution is 5.95. The van der Waals surface area contributed by atoms with Crippen molar-refractivity contribution < 1.29 is 48.9 Å². The maximum Gasteiger partial charge on any atom is 0.305 e. The molecular weight excluding hydrogens is 556 g/mol. The number of aromatic hydroxyl groups is 1. The number of nitrogens with zero attached hydrogens (tertiary/aromatic N) is 1. The van der Waals surface area contributed by atoms with E-state index < -0.39 is 72.6 Å². The molecule has 8 N–H and O–H groups in total. The van der Waals surface area contributed by atoms with E-state index in [1.54, 1.807) is 0 Å². The Morgan fingerprint density at radius 3 is 2.00 bits per heavy atom. The zero-order chi connectivity index (χ0) is 31.2. The lowest BCUT2D eigenvalue weighted by molar-refractivity contribution is -0.140. The van der Waals surface area contributed by atoms with Crippen LogP contribution in [0.25, 0.3) is 0 Å². The number of nitrogens with one attached hydrogen (secondary N) is 5. The lowest BCUT2D eigenvalue weighted by atomic mass is 10.0. The average molecular weight is 589 g/mol. The first-order valence-corrected chi connectivity index (χ1v) is 12.7. The molecule has 0 fully saturated rings. The number of phenolic OH excluding ortho intramolecular Hbond substituents is 1. The zero-order valence-corrected chi connectivity index (χ0v) is 22.5. The molecule has 16 nitrogen and oxygen atoms in total. The zero-order valence-electron chi connectivity index (χ0n) is 22.5. The van der Waals surface area contributed by atoms with Crippen LogP contribution in [0.15, 0.2) is 36.8 Å². The van der Waals surface area contributed by atoms with Crippen LogP contribution in [-0.2, 0) is 46.4 Å². The summed E-state index contributed by atoms with van der Waals surface area (Å²) < 4.78 is 0. The third-order valence-corrected chi connectivity index (χ3v) is 5.84. The van der Waals surface area contributed by atoms with E-state index in [1.807, 2.05) is 0 Å². The van der Waals surface area contributed by atoms with Crippen LogP contribution in [0.2, 0.25) is 0 Å². The minimum Gasteiger partial charge on any atom is -0.508 e. The summed E-state index contributed by atoms with van der Waals surface area (Å²) in [5.74, 6) is -5.87. The van der Waals surface area contributed by atoms with Gasteiger partial charge in [0.1, 0.15) is 30.2 Å². The molecule has 0 aliphatic rings. The molecule has 1 aromatic carbocycles. The molecule has 42 heavy (non-hydrogen) atoms. The first-order chi connectivity index (χ1) is 19.9. The van der Waals surface area contributed by atoms with Gasteiger partial charge in [0.25, 0.3) is 0 Å². The van der Waals surface area contributed by atoms with E-state index in [0.29, 0.717) is 11.3 Å². The maximum absolute atomic E-state index is 13.3. The minimum absolute atomic E-state index is 0.0134. The van der Waals surface area contributed by atoms with Crippen LogP contribution >= 0.6 is 0 Å². The first-order valence-electron chi connectivity index (χ1n) is 12.7. The summed E-state index contributed by atoms with van der Waals surface area (Å²) >= 11 is 0. The van der Waals surface area contributed by atoms with E-state index in [0.717, 1.165) is 0 Å². The van der Waals surface area contributed by atoms with Gasteiger partial charge < -0.3 is 46.4 Å². The summed E-state index contributed by atoms with van der Waals surface area (Å²) in [6, 6.07) is 0.385. The van der Waals surface area contributed by atoms with Crippen molar-refractivity contribution in [3.63, 3.8) is 0 Å². The summed E-state index contributed by atoms with van der Waals surface area (Å²) in [5.41, 5.74) is 0.886. The van der Waals surface area contributed by atoms with Crippen LogP contribution in [-0.4, -0.2) is 91.3 Å². The minimum atomic E-state index is -1.47. The van der Waals surface area contributed by atoms with Crippen molar-refractivity contribution in [2.24, 2.45) is 0 Å². The number of imidazole rings is 1. The third kappa shape index (κ3) is 11.4. The highest BCUT2D eigenvalue weighted by atomic mass is 16.4. The number of carbonyl (C=O) groups excluding carboxylic acids is 5. The second kappa shape index (κ2) is 16.1. The van der Waals surface area contributed by atoms with Gasteiger partial charge in [0, 0.05) is 32.4 Å². The van der Waals surface area contributed by atoms with Gasteiger partial charge in [0.15, 0.2) is 0 Å². The lowest BCUT2D eigenvalue weighted by Crippen LogP contribution is -2.58. The number of carboxylic acids is 2. The number of aromatic amines is 1. The van der Waals surface area contributed by atoms with Gasteiger partial charge in [-0.2, -0.15) is 0 Å². The van der Waals surface area contributed by atoms with Crippen LogP contribution in [0.5, 0.6) is 5.75 Å². The largest absolute Gasteiger partial charge is 0.508 e. The van der Waals surface area contributed by atoms with Crippen LogP contribution < -0.4 is 21.3 Å². The summed E-state index contributed by atoms with van der Waals surface area (Å²) in [6.07, 6.45) is 1.12. The Hall–Kier alpha value is -5.28. The number of hydrogen-bond acceptors (Lipinski definition) is 9. The molecule has 4 amide bonds. The fourth-order valence-corrected chi connectivity index (χ4v) is 3.83. The Balaban J connectivity index is 2.26. The van der Waals surface area contributed by atoms with E-state index >= 15 is 0 Å². The maximum atomic E-state index is 13.3. The third-order valence-electron chi connectivity index (χ3n) is 5.84. The monoisotopic (exact) mass is 588 g/mol. The molecule has 226 valence electrons. The van der Waals surface area contributed by atoms with Crippen molar-refractivity contribution in [1.82, 2.24) is 31.2 Å². The van der Waals surface area contributed by atoms with Gasteiger partial charge in [0.05, 0.1) is 24.5 Å². The molecule has 4 atom stereocenters. The number of hydrogen-bond donors (Lipinski definition) is 8. The quantitative estimate of drug-likeness (QED) is 0.0976. The molecule has 2 rings (SSSR count). The van der Waals surface area contributed by atoms with Crippen LogP contribution in [0, 0.1) is 0 Å². The Labute approximate surface area is 239 Å². The lowest BCUT2D eigenvalue weighted by Gasteiger charge is -2.25. The molecule has 0 radical (unpaired) electrons. The van der Waals surface area contributed by atoms with Crippen molar-refractivity contribution in [3.05, 3.63) is 48.0 Å². The first kappa shape index (κ1) is 32.9. The summed E-state index contributed by atoms with van der Waals surface area (Å²) in [7, 11) is 0. The highest BCUT2D eigenvalue weighted by Crippen LogP contribution is 2.12. The number of aliphatic carboxylic acids is 2. The van der Waals surface area contributed by atoms with E-state index in [2.05, 4.69) is 31.2 Å². The molecule has 0 bridgehead atoms. The molecule has 1 aromatic heterocycles. The van der Waals surface area contributed by atoms with Gasteiger partial charge in [-0.05, 0) is 24.1 Å². The van der Waals surface area contributed by atoms with E-state index in [1.165, 1.54) is 43.7 Å². The SMILES string of the molecule is CC(=O)N[C@@H](Cc1ccc(O)cc1)C(=O)N[C@@H](CCC(=O)O)C(=O)N[C@@H](Cc1c[nH]cn1)C(=O)N[C@H](C=O)CC(=O)O. The summed E-state index contributed by atoms with van der Waals surface area (Å²) in [5, 5.41) is 37.2. The van der Waals surface area contributed by atoms with Crippen LogP contribution in [0.4, 0.5) is 0 Å². The predicted molar refractivity (Wildman–Crippen MR) is 143 cm³/mol. The van der Waals surface area contributed by atoms with Crippen LogP contribution in [0.1, 0.15) is 37.4 Å². The highest BCUT2D eigenvalue weighted by Gasteiger charge is 2.31. The number of H-pyrrole nitrogens is 1. The van der Waals surface area contributed by atoms with E-state index in [4.69, 9.17) is 5.11 Å². The molecule has 0 saturated carbocycles. The van der Waals surface area contributed by atoms with Gasteiger partial charge >= 0.3 is 11.9 Å². The van der Waals surface area contributed by atoms with Crippen molar-refractivity contribution in [2.75, 3.05) is 0 Å². The Morgan fingerprint density at radius 1 is 0.857 bits per heavy atom. The summed E-state index contributed by atoms with van der Waals surface area (Å²) in [6.45, 7) is 1.18. The number of amides is 4. The molecule has 0 aliphatic heterocycles. The van der Waals surface area contributed by atoms with Gasteiger partial charge in [0.2, 0.25) is 23.6 Å². The number of phenols is 1. The van der Waals surface area contributed by atoms with Crippen molar-refractivity contribution in [1.29, 1.82) is 0 Å². The number of aromatic nitrogens is 2. The second-order valence-corrected chi connectivity index (χ2v) is 9.29. The molecule has 16 heteroatoms. The smallest absolute Gasteiger partial charge is 0.305 e. The van der Waals surface area contributed by atoms with Gasteiger partial charge in [-0.25, -0.2) is 4.98 Å². The fourth-order valence-electron chi connectivity index (χ4n) is 3.83. The normalized spacial score (nSPS) is 13.5. The molecule has 2 aromatic rings. The van der Waals surface area contributed by atoms with Crippen molar-refractivity contribution in [2.45, 2.75) is 63.2 Å². The number of aldehydes is 1. The van der Waals surface area contributed by atoms with Crippen molar-refractivity contribution >= 4 is 41.9 Å². The molecular formula is C26H32N6O10. The Kier molecular flexibility index (Phi) is 12.6. The van der Waals surface area contributed by atoms with Gasteiger partial charge in [-0.1, -0.05) is 12.1 Å². The standard InChI is InChI=1S/C26H32N6O10/c1-14(34)29-20(8-15-2-4-18(35)5-3-15)26(42)31-19(6-7-22(36)37)24(40)32-21(9-16-11-27-13-28-16)25(41)30-17(12-33)10-23(38)39/h2-5,11-13,17,19-21,35H,6-10H2,1H3,(H,27,28)(H,29,34)(H,30,41)(H,31,42)(H,32,40)(H,36,37)(H,38,39)/t17-,19-,20-,21-/m0/s1. The average Bonchev–Trinajstić information content (AvgIpc) is 3.43. The van der Waals surface area contributed by atoms with E-state index in [-0.39, 0.29) is 31.3 Å². The second-order valence-electron chi connectivity index (χ2n) is 9.29. The number of rotatable bonds is 17. The number of carboxylic acid groups (broad SMARTS) is 2. The molecule has 1 heterocycles. The Morgan fingerprint density at radius 2 is 1.45 bits per heavy atom. The number of carbonyl (C=O) groups is 7. The van der Waals surface area contributed by atoms with Crippen molar-refractivity contribution in [3.8, 4) is 5.75 Å². The van der Waals surface area contributed by atoms with Crippen LogP contribution in [0.3, 0.4) is 0 Å². The topological polar surface area (TPSA) is 257 Å². The van der Waals surface area contributed by atoms with Gasteiger partial charge in [-0.15, -0.1) is 0 Å². The number of benzene rings is 1. The fraction of sp³-hybridized carbons (Fsp3) is 0.385. The van der Waals surface area contributed by atoms with E-state index in [9.17, 15) is 43.8 Å². The molecule has 0 aliphatic carbocycles. The molecule has 0 saturated heterocycles. The molecule has 0 unspecified atom stereocenters. The summed E-state index contributed by atoms with van der Waals surface area (Å²) in [4.78, 5) is 91.4. The van der Waals surface area contributed by atoms with Gasteiger partial charge in [-0.3, -0.25) is 28.8 Å². The Bertz CT molecular complexity index is 1260. The molecule has 0 spiro atoms. The predicted octanol–water partition coefficient (Wildman–Crippen LogP) is -1.60.